The zero-order valence-corrected chi connectivity index (χ0v) is 56.4. The molecule has 2 nitrogen and oxygen atoms in total. The minimum atomic E-state index is -0.275. The van der Waals surface area contributed by atoms with Crippen molar-refractivity contribution in [2.45, 2.75) is 117 Å². The van der Waals surface area contributed by atoms with Crippen molar-refractivity contribution in [2.75, 3.05) is 4.90 Å². The van der Waals surface area contributed by atoms with Crippen LogP contribution in [0.15, 0.2) is 253 Å². The average molecular weight is 1220 g/mol. The molecular formula is C90H79NOS. The zero-order valence-electron chi connectivity index (χ0n) is 55.6. The lowest BCUT2D eigenvalue weighted by Gasteiger charge is -2.46. The van der Waals surface area contributed by atoms with Gasteiger partial charge in [-0.2, -0.15) is 0 Å². The summed E-state index contributed by atoms with van der Waals surface area (Å²) in [5.41, 5.74) is 29.8. The molecule has 0 fully saturated rings. The molecule has 93 heavy (non-hydrogen) atoms. The van der Waals surface area contributed by atoms with E-state index in [2.05, 4.69) is 337 Å². The fourth-order valence-electron chi connectivity index (χ4n) is 15.3. The van der Waals surface area contributed by atoms with Gasteiger partial charge in [0, 0.05) is 53.9 Å². The molecule has 0 radical (unpaired) electrons. The van der Waals surface area contributed by atoms with E-state index in [9.17, 15) is 0 Å². The van der Waals surface area contributed by atoms with Gasteiger partial charge in [0.1, 0.15) is 11.2 Å². The number of para-hydroxylation sites is 1. The zero-order chi connectivity index (χ0) is 64.0. The molecule has 12 aromatic carbocycles. The quantitative estimate of drug-likeness (QED) is 0.158. The summed E-state index contributed by atoms with van der Waals surface area (Å²) in [6.07, 6.45) is 0. The van der Waals surface area contributed by atoms with Gasteiger partial charge < -0.3 is 9.32 Å². The molecule has 3 heterocycles. The summed E-state index contributed by atoms with van der Waals surface area (Å²) in [7, 11) is 0. The Morgan fingerprint density at radius 1 is 0.323 bits per heavy atom. The summed E-state index contributed by atoms with van der Waals surface area (Å²) in [5.74, 6) is -0.400. The van der Waals surface area contributed by atoms with E-state index < -0.39 is 0 Å². The fraction of sp³-hybridized carbons (Fsp3) is 0.200. The van der Waals surface area contributed by atoms with Crippen molar-refractivity contribution in [1.29, 1.82) is 0 Å². The number of benzene rings is 12. The first kappa shape index (κ1) is 58.5. The van der Waals surface area contributed by atoms with Gasteiger partial charge >= 0.3 is 0 Å². The van der Waals surface area contributed by atoms with Crippen molar-refractivity contribution >= 4 is 70.5 Å². The topological polar surface area (TPSA) is 16.4 Å². The third-order valence-electron chi connectivity index (χ3n) is 20.2. The fourth-order valence-corrected chi connectivity index (χ4v) is 16.4. The van der Waals surface area contributed by atoms with E-state index in [0.717, 1.165) is 49.9 Å². The van der Waals surface area contributed by atoms with Crippen LogP contribution in [0.3, 0.4) is 0 Å². The summed E-state index contributed by atoms with van der Waals surface area (Å²) in [5, 5.41) is 4.80. The van der Waals surface area contributed by atoms with Crippen LogP contribution in [0.4, 0.5) is 17.1 Å². The van der Waals surface area contributed by atoms with E-state index in [-0.39, 0.29) is 33.5 Å². The monoisotopic (exact) mass is 1220 g/mol. The van der Waals surface area contributed by atoms with Crippen molar-refractivity contribution in [2.24, 2.45) is 0 Å². The van der Waals surface area contributed by atoms with Gasteiger partial charge in [-0.15, -0.1) is 11.3 Å². The lowest BCUT2D eigenvalue weighted by molar-refractivity contribution is 0.569. The first-order chi connectivity index (χ1) is 44.7. The van der Waals surface area contributed by atoms with Crippen molar-refractivity contribution < 1.29 is 4.42 Å². The molecule has 0 spiro atoms. The number of thiophene rings is 1. The Hall–Kier alpha value is -9.54. The van der Waals surface area contributed by atoms with Crippen molar-refractivity contribution in [1.82, 2.24) is 0 Å². The standard InChI is InChI=1S/C90H79NOS/c1-87(2,3)60-42-44-66-73(50-60)91(85-69(55-31-19-14-20-32-55)52-71-64-37-25-27-39-75(64)92-86(71)79(85)57-35-23-16-24-36-57)74-51-63(90(10,11)12)49-72-80(65-43-41-58(47-70(65)81(66)82(72)74)59-45-61(88(4,5)6)48-62(46-59)89(7,8)9)84-68(54-29-17-13-18-30-54)53-77-83(67-38-26-28-40-76(67)93-77)78(84)56-33-21-15-22-34-56/h13-53,80-81H,1-12H3. The highest BCUT2D eigenvalue weighted by molar-refractivity contribution is 7.26. The van der Waals surface area contributed by atoms with Crippen molar-refractivity contribution in [3.63, 3.8) is 0 Å². The molecule has 456 valence electrons. The second-order valence-corrected chi connectivity index (χ2v) is 31.5. The predicted octanol–water partition coefficient (Wildman–Crippen LogP) is 25.9. The SMILES string of the molecule is CC(C)(C)c1cc(-c2ccc3c(c2)C2c4ccc(C(C)(C)C)cc4N(c4c(-c5ccccc5)cc5c(oc6ccccc65)c4-c4ccccc4)c4cc(C(C)(C)C)cc(c42)C3c2c(-c3ccccc3)cc3sc4ccccc4c3c2-c2ccccc2)cc(C(C)(C)C)c1. The molecule has 16 rings (SSSR count). The summed E-state index contributed by atoms with van der Waals surface area (Å²) in [6, 6.07) is 95.5. The number of anilines is 3. The first-order valence-corrected chi connectivity index (χ1v) is 34.1. The van der Waals surface area contributed by atoms with E-state index in [0.29, 0.717) is 0 Å². The Kier molecular flexibility index (Phi) is 13.5. The lowest BCUT2D eigenvalue weighted by Crippen LogP contribution is -2.31. The van der Waals surface area contributed by atoms with Gasteiger partial charge in [-0.3, -0.25) is 0 Å². The molecule has 0 bridgehead atoms. The van der Waals surface area contributed by atoms with E-state index in [1.54, 1.807) is 0 Å². The van der Waals surface area contributed by atoms with Crippen molar-refractivity contribution in [3.05, 3.63) is 304 Å². The molecule has 1 aliphatic heterocycles. The lowest BCUT2D eigenvalue weighted by atomic mass is 9.63. The molecule has 0 saturated heterocycles. The second-order valence-electron chi connectivity index (χ2n) is 30.4. The Balaban J connectivity index is 1.13. The molecule has 2 aromatic heterocycles. The maximum atomic E-state index is 7.35. The Labute approximate surface area is 552 Å². The third kappa shape index (κ3) is 9.71. The van der Waals surface area contributed by atoms with Gasteiger partial charge in [0.2, 0.25) is 0 Å². The number of furan rings is 1. The Bertz CT molecular complexity index is 5260. The number of fused-ring (bicyclic) bond motifs is 10. The maximum absolute atomic E-state index is 7.35. The van der Waals surface area contributed by atoms with Crippen LogP contribution in [-0.4, -0.2) is 0 Å². The van der Waals surface area contributed by atoms with E-state index in [4.69, 9.17) is 4.42 Å². The third-order valence-corrected chi connectivity index (χ3v) is 21.3. The number of hydrogen-bond acceptors (Lipinski definition) is 3. The highest BCUT2D eigenvalue weighted by atomic mass is 32.1. The number of hydrogen-bond donors (Lipinski definition) is 0. The Morgan fingerprint density at radius 3 is 1.46 bits per heavy atom. The minimum absolute atomic E-state index is 0.0702. The second kappa shape index (κ2) is 21.5. The molecular weight excluding hydrogens is 1140 g/mol. The van der Waals surface area contributed by atoms with E-state index >= 15 is 0 Å². The molecule has 2 atom stereocenters. The van der Waals surface area contributed by atoms with Gasteiger partial charge in [0.05, 0.1) is 17.1 Å². The van der Waals surface area contributed by atoms with E-state index in [1.165, 1.54) is 121 Å². The van der Waals surface area contributed by atoms with Gasteiger partial charge in [0.15, 0.2) is 0 Å². The van der Waals surface area contributed by atoms with Gasteiger partial charge in [-0.05, 0) is 164 Å². The molecule has 14 aromatic rings. The molecule has 2 aliphatic rings. The van der Waals surface area contributed by atoms with Crippen LogP contribution in [0.5, 0.6) is 0 Å². The summed E-state index contributed by atoms with van der Waals surface area (Å²) in [6.45, 7) is 28.5. The molecule has 0 N–H and O–H groups in total. The molecule has 1 aliphatic carbocycles. The van der Waals surface area contributed by atoms with Crippen LogP contribution >= 0.6 is 11.3 Å². The summed E-state index contributed by atoms with van der Waals surface area (Å²) < 4.78 is 9.93. The van der Waals surface area contributed by atoms with Crippen LogP contribution in [-0.2, 0) is 21.7 Å². The van der Waals surface area contributed by atoms with Gasteiger partial charge in [0.25, 0.3) is 0 Å². The highest BCUT2D eigenvalue weighted by Crippen LogP contribution is 2.64. The van der Waals surface area contributed by atoms with Crippen molar-refractivity contribution in [3.8, 4) is 55.6 Å². The molecule has 3 heteroatoms. The molecule has 2 unspecified atom stereocenters. The van der Waals surface area contributed by atoms with Gasteiger partial charge in [-0.25, -0.2) is 0 Å². The maximum Gasteiger partial charge on any atom is 0.145 e. The van der Waals surface area contributed by atoms with Crippen LogP contribution in [0.25, 0.3) is 97.7 Å². The summed E-state index contributed by atoms with van der Waals surface area (Å²) >= 11 is 1.91. The van der Waals surface area contributed by atoms with Crippen LogP contribution in [0, 0.1) is 0 Å². The van der Waals surface area contributed by atoms with Gasteiger partial charge in [-0.1, -0.05) is 289 Å². The largest absolute Gasteiger partial charge is 0.455 e. The summed E-state index contributed by atoms with van der Waals surface area (Å²) in [4.78, 5) is 2.73. The first-order valence-electron chi connectivity index (χ1n) is 33.3. The molecule has 0 saturated carbocycles. The number of rotatable bonds is 7. The predicted molar refractivity (Wildman–Crippen MR) is 398 cm³/mol. The van der Waals surface area contributed by atoms with Crippen LogP contribution in [0.1, 0.15) is 151 Å². The minimum Gasteiger partial charge on any atom is -0.455 e. The van der Waals surface area contributed by atoms with Crippen LogP contribution < -0.4 is 4.90 Å². The highest BCUT2D eigenvalue weighted by Gasteiger charge is 2.46. The Morgan fingerprint density at radius 2 is 0.839 bits per heavy atom. The smallest absolute Gasteiger partial charge is 0.145 e. The number of nitrogens with zero attached hydrogens (tertiary/aromatic N) is 1. The van der Waals surface area contributed by atoms with E-state index in [1.807, 2.05) is 11.3 Å². The molecule has 0 amide bonds. The van der Waals surface area contributed by atoms with Crippen LogP contribution in [0.2, 0.25) is 0 Å². The normalized spacial score (nSPS) is 14.9. The average Bonchev–Trinajstić information content (AvgIpc) is 1.68.